The van der Waals surface area contributed by atoms with Gasteiger partial charge in [0, 0.05) is 29.8 Å². The number of carbonyl (C=O) groups is 1. The molecule has 1 heterocycles. The predicted molar refractivity (Wildman–Crippen MR) is 90.6 cm³/mol. The highest BCUT2D eigenvalue weighted by Crippen LogP contribution is 2.23. The Balaban J connectivity index is 1.98. The maximum atomic E-state index is 12.2. The number of carbonyl (C=O) groups excluding carboxylic acids is 1. The summed E-state index contributed by atoms with van der Waals surface area (Å²) in [5.74, 6) is 0. The van der Waals surface area contributed by atoms with Crippen LogP contribution in [0.15, 0.2) is 18.2 Å². The van der Waals surface area contributed by atoms with Crippen LogP contribution in [0.4, 0.5) is 10.5 Å². The molecular formula is C17H25ClN2O2. The Morgan fingerprint density at radius 3 is 2.82 bits per heavy atom. The Morgan fingerprint density at radius 2 is 2.14 bits per heavy atom. The van der Waals surface area contributed by atoms with Crippen LogP contribution in [0, 0.1) is 6.92 Å². The second kappa shape index (κ2) is 6.78. The molecule has 0 aromatic heterocycles. The number of anilines is 1. The maximum Gasteiger partial charge on any atom is 0.410 e. The van der Waals surface area contributed by atoms with E-state index in [4.69, 9.17) is 16.3 Å². The maximum absolute atomic E-state index is 12.2. The quantitative estimate of drug-likeness (QED) is 0.873. The number of nitrogens with zero attached hydrogens (tertiary/aromatic N) is 1. The summed E-state index contributed by atoms with van der Waals surface area (Å²) in [6.07, 6.45) is 1.77. The second-order valence-corrected chi connectivity index (χ2v) is 7.31. The zero-order valence-corrected chi connectivity index (χ0v) is 14.5. The molecule has 0 aliphatic carbocycles. The van der Waals surface area contributed by atoms with Gasteiger partial charge < -0.3 is 15.0 Å². The summed E-state index contributed by atoms with van der Waals surface area (Å²) < 4.78 is 5.46. The van der Waals surface area contributed by atoms with Crippen molar-refractivity contribution < 1.29 is 9.53 Å². The largest absolute Gasteiger partial charge is 0.444 e. The van der Waals surface area contributed by atoms with E-state index in [-0.39, 0.29) is 12.1 Å². The molecule has 1 aromatic carbocycles. The summed E-state index contributed by atoms with van der Waals surface area (Å²) in [4.78, 5) is 14.0. The van der Waals surface area contributed by atoms with Gasteiger partial charge in [0.05, 0.1) is 0 Å². The molecule has 2 rings (SSSR count). The standard InChI is InChI=1S/C17H25ClN2O2/c1-12-7-8-13(18)10-15(12)19-14-6-5-9-20(11-14)16(21)22-17(2,3)4/h7-8,10,14,19H,5-6,9,11H2,1-4H3. The highest BCUT2D eigenvalue weighted by molar-refractivity contribution is 6.30. The highest BCUT2D eigenvalue weighted by atomic mass is 35.5. The molecule has 0 saturated carbocycles. The molecule has 0 bridgehead atoms. The number of piperidine rings is 1. The molecule has 1 N–H and O–H groups in total. The van der Waals surface area contributed by atoms with E-state index in [0.717, 1.165) is 30.6 Å². The van der Waals surface area contributed by atoms with Crippen LogP contribution in [0.2, 0.25) is 5.02 Å². The first-order valence-electron chi connectivity index (χ1n) is 7.75. The zero-order valence-electron chi connectivity index (χ0n) is 13.8. The molecule has 1 saturated heterocycles. The van der Waals surface area contributed by atoms with Crippen LogP contribution in [0.25, 0.3) is 0 Å². The summed E-state index contributed by atoms with van der Waals surface area (Å²) in [5, 5.41) is 4.22. The topological polar surface area (TPSA) is 41.6 Å². The molecule has 1 aliphatic rings. The van der Waals surface area contributed by atoms with E-state index in [1.165, 1.54) is 0 Å². The molecule has 4 nitrogen and oxygen atoms in total. The fourth-order valence-electron chi connectivity index (χ4n) is 2.56. The summed E-state index contributed by atoms with van der Waals surface area (Å²) >= 11 is 6.06. The molecular weight excluding hydrogens is 300 g/mol. The third kappa shape index (κ3) is 4.80. The average molecular weight is 325 g/mol. The monoisotopic (exact) mass is 324 g/mol. The van der Waals surface area contributed by atoms with E-state index in [2.05, 4.69) is 5.32 Å². The van der Waals surface area contributed by atoms with E-state index >= 15 is 0 Å². The molecule has 1 fully saturated rings. The first kappa shape index (κ1) is 16.9. The second-order valence-electron chi connectivity index (χ2n) is 6.87. The molecule has 1 amide bonds. The molecule has 1 aromatic rings. The number of benzene rings is 1. The van der Waals surface area contributed by atoms with E-state index < -0.39 is 5.60 Å². The lowest BCUT2D eigenvalue weighted by Gasteiger charge is -2.35. The SMILES string of the molecule is Cc1ccc(Cl)cc1NC1CCCN(C(=O)OC(C)(C)C)C1. The fourth-order valence-corrected chi connectivity index (χ4v) is 2.73. The third-order valence-corrected chi connectivity index (χ3v) is 3.87. The van der Waals surface area contributed by atoms with Crippen LogP contribution < -0.4 is 5.32 Å². The lowest BCUT2D eigenvalue weighted by atomic mass is 10.0. The summed E-state index contributed by atoms with van der Waals surface area (Å²) in [6, 6.07) is 6.04. The van der Waals surface area contributed by atoms with Crippen molar-refractivity contribution in [2.24, 2.45) is 0 Å². The highest BCUT2D eigenvalue weighted by Gasteiger charge is 2.27. The first-order chi connectivity index (χ1) is 10.2. The fraction of sp³-hybridized carbons (Fsp3) is 0.588. The normalized spacial score (nSPS) is 19.0. The van der Waals surface area contributed by atoms with Gasteiger partial charge >= 0.3 is 6.09 Å². The van der Waals surface area contributed by atoms with Crippen LogP contribution in [-0.4, -0.2) is 35.7 Å². The van der Waals surface area contributed by atoms with Gasteiger partial charge in [-0.2, -0.15) is 0 Å². The molecule has 0 radical (unpaired) electrons. The van der Waals surface area contributed by atoms with Crippen molar-refractivity contribution in [2.75, 3.05) is 18.4 Å². The zero-order chi connectivity index (χ0) is 16.3. The Hall–Kier alpha value is -1.42. The lowest BCUT2D eigenvalue weighted by Crippen LogP contribution is -2.47. The first-order valence-corrected chi connectivity index (χ1v) is 8.13. The average Bonchev–Trinajstić information content (AvgIpc) is 2.41. The number of halogens is 1. The predicted octanol–water partition coefficient (Wildman–Crippen LogP) is 4.46. The Bertz CT molecular complexity index is 540. The van der Waals surface area contributed by atoms with Gasteiger partial charge in [-0.3, -0.25) is 0 Å². The van der Waals surface area contributed by atoms with Crippen molar-refractivity contribution in [3.63, 3.8) is 0 Å². The van der Waals surface area contributed by atoms with Gasteiger partial charge in [0.15, 0.2) is 0 Å². The van der Waals surface area contributed by atoms with Gasteiger partial charge in [0.2, 0.25) is 0 Å². The van der Waals surface area contributed by atoms with Gasteiger partial charge in [0.1, 0.15) is 5.60 Å². The molecule has 1 aliphatic heterocycles. The van der Waals surface area contributed by atoms with Crippen molar-refractivity contribution in [3.05, 3.63) is 28.8 Å². The van der Waals surface area contributed by atoms with Crippen LogP contribution in [0.5, 0.6) is 0 Å². The minimum absolute atomic E-state index is 0.221. The Morgan fingerprint density at radius 1 is 1.41 bits per heavy atom. The van der Waals surface area contributed by atoms with E-state index in [1.807, 2.05) is 45.9 Å². The number of rotatable bonds is 2. The van der Waals surface area contributed by atoms with Gasteiger partial charge in [-0.1, -0.05) is 17.7 Å². The van der Waals surface area contributed by atoms with Crippen molar-refractivity contribution in [1.82, 2.24) is 4.90 Å². The minimum atomic E-state index is -0.457. The molecule has 1 atom stereocenters. The van der Waals surface area contributed by atoms with Crippen LogP contribution in [0.3, 0.4) is 0 Å². The molecule has 22 heavy (non-hydrogen) atoms. The van der Waals surface area contributed by atoms with E-state index in [0.29, 0.717) is 11.6 Å². The Labute approximate surface area is 137 Å². The summed E-state index contributed by atoms with van der Waals surface area (Å²) in [5.41, 5.74) is 1.73. The summed E-state index contributed by atoms with van der Waals surface area (Å²) in [7, 11) is 0. The molecule has 0 spiro atoms. The van der Waals surface area contributed by atoms with Crippen molar-refractivity contribution in [3.8, 4) is 0 Å². The third-order valence-electron chi connectivity index (χ3n) is 3.63. The number of likely N-dealkylation sites (tertiary alicyclic amines) is 1. The lowest BCUT2D eigenvalue weighted by molar-refractivity contribution is 0.0206. The molecule has 1 unspecified atom stereocenters. The minimum Gasteiger partial charge on any atom is -0.444 e. The van der Waals surface area contributed by atoms with Crippen molar-refractivity contribution >= 4 is 23.4 Å². The number of aryl methyl sites for hydroxylation is 1. The number of hydrogen-bond donors (Lipinski definition) is 1. The van der Waals surface area contributed by atoms with Crippen LogP contribution in [-0.2, 0) is 4.74 Å². The number of hydrogen-bond acceptors (Lipinski definition) is 3. The van der Waals surface area contributed by atoms with Gasteiger partial charge in [-0.05, 0) is 58.2 Å². The van der Waals surface area contributed by atoms with Gasteiger partial charge in [-0.15, -0.1) is 0 Å². The molecule has 5 heteroatoms. The number of amides is 1. The van der Waals surface area contributed by atoms with E-state index in [1.54, 1.807) is 4.90 Å². The summed E-state index contributed by atoms with van der Waals surface area (Å²) in [6.45, 7) is 9.12. The molecule has 122 valence electrons. The Kier molecular flexibility index (Phi) is 5.22. The van der Waals surface area contributed by atoms with Gasteiger partial charge in [-0.25, -0.2) is 4.79 Å². The van der Waals surface area contributed by atoms with Crippen molar-refractivity contribution in [2.45, 2.75) is 52.2 Å². The van der Waals surface area contributed by atoms with Crippen LogP contribution >= 0.6 is 11.6 Å². The van der Waals surface area contributed by atoms with Crippen LogP contribution in [0.1, 0.15) is 39.2 Å². The number of ether oxygens (including phenoxy) is 1. The van der Waals surface area contributed by atoms with Gasteiger partial charge in [0.25, 0.3) is 0 Å². The van der Waals surface area contributed by atoms with E-state index in [9.17, 15) is 4.79 Å². The number of nitrogens with one attached hydrogen (secondary N) is 1. The smallest absolute Gasteiger partial charge is 0.410 e. The van der Waals surface area contributed by atoms with Crippen molar-refractivity contribution in [1.29, 1.82) is 0 Å².